The summed E-state index contributed by atoms with van der Waals surface area (Å²) in [6.45, 7) is -0.131. The monoisotopic (exact) mass is 251 g/mol. The van der Waals surface area contributed by atoms with E-state index in [1.807, 2.05) is 0 Å². The lowest BCUT2D eigenvalue weighted by atomic mass is 10.2. The second kappa shape index (κ2) is 4.99. The molecule has 0 atom stereocenters. The van der Waals surface area contributed by atoms with Crippen LogP contribution in [0.5, 0.6) is 11.6 Å². The van der Waals surface area contributed by atoms with E-state index in [0.29, 0.717) is 11.3 Å². The molecular weight excluding hydrogens is 242 g/mol. The van der Waals surface area contributed by atoms with Crippen LogP contribution in [0.15, 0.2) is 30.6 Å². The van der Waals surface area contributed by atoms with Crippen molar-refractivity contribution in [3.8, 4) is 11.6 Å². The summed E-state index contributed by atoms with van der Waals surface area (Å²) in [6, 6.07) is 7.04. The topological polar surface area (TPSA) is 81.3 Å². The molecule has 0 aliphatic carbocycles. The molecule has 0 spiro atoms. The van der Waals surface area contributed by atoms with E-state index < -0.39 is 0 Å². The van der Waals surface area contributed by atoms with Crippen molar-refractivity contribution in [2.45, 2.75) is 6.61 Å². The van der Waals surface area contributed by atoms with Gasteiger partial charge in [-0.2, -0.15) is 4.98 Å². The molecule has 1 heterocycles. The molecule has 0 aliphatic heterocycles. The number of rotatable bonds is 3. The molecule has 1 aromatic carbocycles. The molecule has 0 unspecified atom stereocenters. The lowest BCUT2D eigenvalue weighted by Gasteiger charge is -2.09. The third kappa shape index (κ3) is 2.46. The van der Waals surface area contributed by atoms with E-state index in [-0.39, 0.29) is 23.3 Å². The maximum absolute atomic E-state index is 9.15. The minimum Gasteiger partial charge on any atom is -0.437 e. The van der Waals surface area contributed by atoms with E-state index in [2.05, 4.69) is 9.97 Å². The fourth-order valence-electron chi connectivity index (χ4n) is 1.28. The van der Waals surface area contributed by atoms with Gasteiger partial charge in [-0.15, -0.1) is 0 Å². The van der Waals surface area contributed by atoms with Gasteiger partial charge < -0.3 is 15.6 Å². The number of ether oxygens (including phenoxy) is 1. The van der Waals surface area contributed by atoms with Gasteiger partial charge in [-0.1, -0.05) is 29.8 Å². The summed E-state index contributed by atoms with van der Waals surface area (Å²) < 4.78 is 5.49. The normalized spacial score (nSPS) is 10.2. The fourth-order valence-corrected chi connectivity index (χ4v) is 1.41. The first-order valence-electron chi connectivity index (χ1n) is 4.85. The minimum atomic E-state index is -0.131. The number of hydrogen-bond donors (Lipinski definition) is 2. The number of benzene rings is 1. The van der Waals surface area contributed by atoms with Gasteiger partial charge in [-0.3, -0.25) is 0 Å². The van der Waals surface area contributed by atoms with Gasteiger partial charge in [0.25, 0.3) is 0 Å². The Labute approximate surface area is 103 Å². The van der Waals surface area contributed by atoms with E-state index >= 15 is 0 Å². The summed E-state index contributed by atoms with van der Waals surface area (Å²) in [5.41, 5.74) is 6.17. The number of nitrogens with zero attached hydrogens (tertiary/aromatic N) is 2. The summed E-state index contributed by atoms with van der Waals surface area (Å²) in [7, 11) is 0. The van der Waals surface area contributed by atoms with Crippen LogP contribution in [0.25, 0.3) is 0 Å². The van der Waals surface area contributed by atoms with Crippen LogP contribution in [0.3, 0.4) is 0 Å². The largest absolute Gasteiger partial charge is 0.437 e. The molecule has 0 saturated carbocycles. The van der Waals surface area contributed by atoms with Crippen molar-refractivity contribution >= 4 is 17.4 Å². The van der Waals surface area contributed by atoms with Gasteiger partial charge in [0.15, 0.2) is 0 Å². The summed E-state index contributed by atoms with van der Waals surface area (Å²) in [6.07, 6.45) is 1.26. The third-order valence-electron chi connectivity index (χ3n) is 2.13. The van der Waals surface area contributed by atoms with Crippen LogP contribution in [-0.2, 0) is 6.61 Å². The Morgan fingerprint density at radius 2 is 2.06 bits per heavy atom. The summed E-state index contributed by atoms with van der Waals surface area (Å²) in [4.78, 5) is 7.61. The van der Waals surface area contributed by atoms with Crippen LogP contribution in [0.4, 0.5) is 5.82 Å². The molecule has 1 aromatic heterocycles. The lowest BCUT2D eigenvalue weighted by molar-refractivity contribution is 0.276. The SMILES string of the molecule is Nc1ncnc(Oc2ccccc2CO)c1Cl. The Morgan fingerprint density at radius 1 is 1.29 bits per heavy atom. The molecule has 0 fully saturated rings. The maximum Gasteiger partial charge on any atom is 0.243 e. The molecule has 0 aliphatic rings. The van der Waals surface area contributed by atoms with Crippen LogP contribution in [0, 0.1) is 0 Å². The van der Waals surface area contributed by atoms with Crippen LogP contribution >= 0.6 is 11.6 Å². The molecule has 0 bridgehead atoms. The van der Waals surface area contributed by atoms with Gasteiger partial charge in [0.2, 0.25) is 5.88 Å². The number of aliphatic hydroxyl groups is 1. The first kappa shape index (κ1) is 11.6. The van der Waals surface area contributed by atoms with Crippen molar-refractivity contribution in [1.82, 2.24) is 9.97 Å². The minimum absolute atomic E-state index is 0.131. The molecule has 88 valence electrons. The van der Waals surface area contributed by atoms with E-state index in [9.17, 15) is 0 Å². The number of hydrogen-bond acceptors (Lipinski definition) is 5. The average molecular weight is 252 g/mol. The predicted octanol–water partition coefficient (Wildman–Crippen LogP) is 2.00. The molecule has 0 amide bonds. The Hall–Kier alpha value is -1.85. The Morgan fingerprint density at radius 3 is 2.82 bits per heavy atom. The number of halogens is 1. The fraction of sp³-hybridized carbons (Fsp3) is 0.0909. The zero-order valence-corrected chi connectivity index (χ0v) is 9.55. The van der Waals surface area contributed by atoms with Gasteiger partial charge in [-0.05, 0) is 6.07 Å². The predicted molar refractivity (Wildman–Crippen MR) is 63.9 cm³/mol. The van der Waals surface area contributed by atoms with Crippen molar-refractivity contribution in [2.24, 2.45) is 0 Å². The van der Waals surface area contributed by atoms with Crippen LogP contribution in [0.2, 0.25) is 5.02 Å². The summed E-state index contributed by atoms with van der Waals surface area (Å²) >= 11 is 5.90. The molecule has 5 nitrogen and oxygen atoms in total. The summed E-state index contributed by atoms with van der Waals surface area (Å²) in [5.74, 6) is 0.799. The average Bonchev–Trinajstić information content (AvgIpc) is 2.35. The lowest BCUT2D eigenvalue weighted by Crippen LogP contribution is -1.98. The van der Waals surface area contributed by atoms with Gasteiger partial charge in [0.1, 0.15) is 22.9 Å². The van der Waals surface area contributed by atoms with Crippen LogP contribution in [-0.4, -0.2) is 15.1 Å². The zero-order chi connectivity index (χ0) is 12.3. The number of anilines is 1. The van der Waals surface area contributed by atoms with E-state index in [0.717, 1.165) is 0 Å². The summed E-state index contributed by atoms with van der Waals surface area (Å²) in [5, 5.41) is 9.30. The molecule has 0 saturated heterocycles. The smallest absolute Gasteiger partial charge is 0.243 e. The number of para-hydroxylation sites is 1. The van der Waals surface area contributed by atoms with Crippen molar-refractivity contribution in [3.05, 3.63) is 41.2 Å². The van der Waals surface area contributed by atoms with Crippen LogP contribution in [0.1, 0.15) is 5.56 Å². The van der Waals surface area contributed by atoms with E-state index in [1.165, 1.54) is 6.33 Å². The molecule has 6 heteroatoms. The van der Waals surface area contributed by atoms with Crippen molar-refractivity contribution in [1.29, 1.82) is 0 Å². The highest BCUT2D eigenvalue weighted by molar-refractivity contribution is 6.34. The highest BCUT2D eigenvalue weighted by Crippen LogP contribution is 2.31. The second-order valence-corrected chi connectivity index (χ2v) is 3.62. The zero-order valence-electron chi connectivity index (χ0n) is 8.80. The maximum atomic E-state index is 9.15. The molecule has 2 aromatic rings. The number of aliphatic hydroxyl groups excluding tert-OH is 1. The molecule has 3 N–H and O–H groups in total. The molecule has 17 heavy (non-hydrogen) atoms. The molecule has 0 radical (unpaired) electrons. The molecular formula is C11H10ClN3O2. The van der Waals surface area contributed by atoms with Crippen molar-refractivity contribution < 1.29 is 9.84 Å². The number of aromatic nitrogens is 2. The Kier molecular flexibility index (Phi) is 3.41. The van der Waals surface area contributed by atoms with Crippen molar-refractivity contribution in [2.75, 3.05) is 5.73 Å². The van der Waals surface area contributed by atoms with Crippen molar-refractivity contribution in [3.63, 3.8) is 0 Å². The standard InChI is InChI=1S/C11H10ClN3O2/c12-9-10(13)14-6-15-11(9)17-8-4-2-1-3-7(8)5-16/h1-4,6,16H,5H2,(H2,13,14,15). The van der Waals surface area contributed by atoms with Gasteiger partial charge >= 0.3 is 0 Å². The van der Waals surface area contributed by atoms with E-state index in [1.54, 1.807) is 24.3 Å². The Balaban J connectivity index is 2.35. The van der Waals surface area contributed by atoms with Gasteiger partial charge in [0.05, 0.1) is 6.61 Å². The first-order valence-corrected chi connectivity index (χ1v) is 5.22. The third-order valence-corrected chi connectivity index (χ3v) is 2.49. The highest BCUT2D eigenvalue weighted by atomic mass is 35.5. The van der Waals surface area contributed by atoms with Crippen LogP contribution < -0.4 is 10.5 Å². The number of nitrogen functional groups attached to an aromatic ring is 1. The first-order chi connectivity index (χ1) is 8.22. The van der Waals surface area contributed by atoms with Gasteiger partial charge in [0, 0.05) is 5.56 Å². The molecule has 2 rings (SSSR count). The number of nitrogens with two attached hydrogens (primary N) is 1. The Bertz CT molecular complexity index is 534. The highest BCUT2D eigenvalue weighted by Gasteiger charge is 2.10. The quantitative estimate of drug-likeness (QED) is 0.872. The second-order valence-electron chi connectivity index (χ2n) is 3.25. The van der Waals surface area contributed by atoms with E-state index in [4.69, 9.17) is 27.2 Å². The van der Waals surface area contributed by atoms with Gasteiger partial charge in [-0.25, -0.2) is 4.98 Å².